The molecule has 0 spiro atoms. The molecule has 4 aliphatic carbocycles. The van der Waals surface area contributed by atoms with Crippen LogP contribution >= 0.6 is 0 Å². The molecule has 0 heterocycles. The number of carboxylic acids is 1. The van der Waals surface area contributed by atoms with E-state index >= 15 is 0 Å². The zero-order valence-electron chi connectivity index (χ0n) is 15.3. The molecule has 0 unspecified atom stereocenters. The molecule has 4 saturated carbocycles. The van der Waals surface area contributed by atoms with Crippen LogP contribution in [-0.4, -0.2) is 23.6 Å². The lowest BCUT2D eigenvalue weighted by molar-refractivity contribution is -0.140. The zero-order chi connectivity index (χ0) is 18.3. The van der Waals surface area contributed by atoms with Gasteiger partial charge in [-0.15, -0.1) is 0 Å². The molecule has 5 nitrogen and oxygen atoms in total. The highest BCUT2D eigenvalue weighted by Gasteiger charge is 2.54. The van der Waals surface area contributed by atoms with Crippen LogP contribution in [0.25, 0.3) is 0 Å². The minimum Gasteiger partial charge on any atom is -0.491 e. The lowest BCUT2D eigenvalue weighted by Gasteiger charge is -2.55. The molecule has 140 valence electrons. The van der Waals surface area contributed by atoms with Crippen molar-refractivity contribution in [1.82, 2.24) is 0 Å². The Labute approximate surface area is 154 Å². The maximum absolute atomic E-state index is 13.3. The van der Waals surface area contributed by atoms with E-state index in [1.54, 1.807) is 6.07 Å². The third kappa shape index (κ3) is 3.08. The fourth-order valence-electron chi connectivity index (χ4n) is 5.74. The first-order valence-electron chi connectivity index (χ1n) is 9.80. The van der Waals surface area contributed by atoms with Crippen molar-refractivity contribution in [3.63, 3.8) is 0 Å². The first-order valence-corrected chi connectivity index (χ1v) is 9.80. The Bertz CT molecular complexity index is 691. The van der Waals surface area contributed by atoms with Gasteiger partial charge in [0.15, 0.2) is 0 Å². The lowest BCUT2D eigenvalue weighted by atomic mass is 9.49. The van der Waals surface area contributed by atoms with E-state index in [0.29, 0.717) is 35.8 Å². The van der Waals surface area contributed by atoms with Gasteiger partial charge in [0.1, 0.15) is 5.75 Å². The second kappa shape index (κ2) is 6.60. The van der Waals surface area contributed by atoms with Gasteiger partial charge >= 0.3 is 5.97 Å². The number of aromatic carboxylic acids is 1. The maximum atomic E-state index is 13.3. The number of carbonyl (C=O) groups excluding carboxylic acids is 1. The number of carboxylic acid groups (broad SMARTS) is 1. The van der Waals surface area contributed by atoms with E-state index in [2.05, 4.69) is 5.32 Å². The molecule has 5 rings (SSSR count). The Balaban J connectivity index is 1.58. The van der Waals surface area contributed by atoms with E-state index < -0.39 is 5.97 Å². The van der Waals surface area contributed by atoms with Crippen LogP contribution in [0.15, 0.2) is 18.2 Å². The summed E-state index contributed by atoms with van der Waals surface area (Å²) in [7, 11) is 0. The molecule has 0 aromatic heterocycles. The first-order chi connectivity index (χ1) is 12.5. The van der Waals surface area contributed by atoms with Crippen molar-refractivity contribution in [2.45, 2.75) is 51.9 Å². The zero-order valence-corrected chi connectivity index (χ0v) is 15.3. The summed E-state index contributed by atoms with van der Waals surface area (Å²) in [6.45, 7) is 2.55. The number of carbonyl (C=O) groups is 2. The molecule has 5 heteroatoms. The number of hydrogen-bond donors (Lipinski definition) is 2. The smallest absolute Gasteiger partial charge is 0.335 e. The molecule has 1 amide bonds. The van der Waals surface area contributed by atoms with Gasteiger partial charge in [-0.25, -0.2) is 4.79 Å². The van der Waals surface area contributed by atoms with Gasteiger partial charge in [0.2, 0.25) is 5.91 Å². The molecule has 1 aromatic carbocycles. The molecule has 4 aliphatic rings. The largest absolute Gasteiger partial charge is 0.491 e. The Hall–Kier alpha value is -2.04. The van der Waals surface area contributed by atoms with E-state index in [0.717, 1.165) is 25.7 Å². The Morgan fingerprint density at radius 1 is 1.15 bits per heavy atom. The number of benzene rings is 1. The van der Waals surface area contributed by atoms with Crippen molar-refractivity contribution in [3.05, 3.63) is 23.8 Å². The number of amides is 1. The molecule has 4 bridgehead atoms. The number of rotatable bonds is 6. The Morgan fingerprint density at radius 2 is 1.77 bits per heavy atom. The monoisotopic (exact) mass is 357 g/mol. The third-order valence-electron chi connectivity index (χ3n) is 6.46. The number of hydrogen-bond acceptors (Lipinski definition) is 3. The quantitative estimate of drug-likeness (QED) is 0.794. The van der Waals surface area contributed by atoms with Crippen molar-refractivity contribution in [3.8, 4) is 5.75 Å². The van der Waals surface area contributed by atoms with Crippen LogP contribution in [-0.2, 0) is 4.79 Å². The van der Waals surface area contributed by atoms with E-state index in [-0.39, 0.29) is 16.9 Å². The van der Waals surface area contributed by atoms with Gasteiger partial charge < -0.3 is 15.2 Å². The van der Waals surface area contributed by atoms with Gasteiger partial charge in [-0.1, -0.05) is 6.92 Å². The summed E-state index contributed by atoms with van der Waals surface area (Å²) in [5, 5.41) is 12.3. The second-order valence-electron chi connectivity index (χ2n) is 8.52. The highest BCUT2D eigenvalue weighted by Crippen LogP contribution is 2.60. The normalized spacial score (nSPS) is 31.7. The molecule has 0 aliphatic heterocycles. The topological polar surface area (TPSA) is 75.6 Å². The van der Waals surface area contributed by atoms with Gasteiger partial charge in [-0.2, -0.15) is 0 Å². The molecule has 0 atom stereocenters. The average Bonchev–Trinajstić information content (AvgIpc) is 2.59. The van der Waals surface area contributed by atoms with Crippen LogP contribution < -0.4 is 10.1 Å². The minimum atomic E-state index is -1.00. The maximum Gasteiger partial charge on any atom is 0.335 e. The molecule has 1 aromatic rings. The van der Waals surface area contributed by atoms with Crippen molar-refractivity contribution < 1.29 is 19.4 Å². The molecule has 2 N–H and O–H groups in total. The SMILES string of the molecule is CCCOc1ccc(C(=O)O)cc1NC(=O)C12CC3CC(CC(C3)C1)C2. The average molecular weight is 357 g/mol. The van der Waals surface area contributed by atoms with Crippen LogP contribution in [0, 0.1) is 23.2 Å². The van der Waals surface area contributed by atoms with Crippen molar-refractivity contribution in [2.75, 3.05) is 11.9 Å². The fraction of sp³-hybridized carbons (Fsp3) is 0.619. The molecular weight excluding hydrogens is 330 g/mol. The second-order valence-corrected chi connectivity index (χ2v) is 8.52. The number of ether oxygens (including phenoxy) is 1. The van der Waals surface area contributed by atoms with Crippen LogP contribution in [0.5, 0.6) is 5.75 Å². The van der Waals surface area contributed by atoms with Crippen LogP contribution in [0.2, 0.25) is 0 Å². The van der Waals surface area contributed by atoms with Crippen molar-refractivity contribution in [1.29, 1.82) is 0 Å². The predicted octanol–water partition coefficient (Wildman–Crippen LogP) is 4.33. The van der Waals surface area contributed by atoms with Crippen LogP contribution in [0.4, 0.5) is 5.69 Å². The molecule has 0 saturated heterocycles. The van der Waals surface area contributed by atoms with E-state index in [9.17, 15) is 14.7 Å². The third-order valence-corrected chi connectivity index (χ3v) is 6.46. The number of anilines is 1. The van der Waals surface area contributed by atoms with E-state index in [1.807, 2.05) is 6.92 Å². The van der Waals surface area contributed by atoms with Gasteiger partial charge in [-0.3, -0.25) is 4.79 Å². The van der Waals surface area contributed by atoms with Crippen molar-refractivity contribution >= 4 is 17.6 Å². The summed E-state index contributed by atoms with van der Waals surface area (Å²) < 4.78 is 5.73. The Kier molecular flexibility index (Phi) is 4.41. The van der Waals surface area contributed by atoms with Gasteiger partial charge in [0, 0.05) is 0 Å². The van der Waals surface area contributed by atoms with E-state index in [4.69, 9.17) is 4.74 Å². The molecular formula is C21H27NO4. The Morgan fingerprint density at radius 3 is 2.31 bits per heavy atom. The molecule has 26 heavy (non-hydrogen) atoms. The summed E-state index contributed by atoms with van der Waals surface area (Å²) in [6.07, 6.45) is 7.64. The van der Waals surface area contributed by atoms with Crippen LogP contribution in [0.1, 0.15) is 62.2 Å². The number of nitrogens with one attached hydrogen (secondary N) is 1. The molecule has 4 fully saturated rings. The lowest BCUT2D eigenvalue weighted by Crippen LogP contribution is -2.51. The highest BCUT2D eigenvalue weighted by atomic mass is 16.5. The summed E-state index contributed by atoms with van der Waals surface area (Å²) in [5.41, 5.74) is 0.379. The standard InChI is InChI=1S/C21H27NO4/c1-2-5-26-18-4-3-16(19(23)24)9-17(18)22-20(25)21-10-13-6-14(11-21)8-15(7-13)12-21/h3-4,9,13-15H,2,5-8,10-12H2,1H3,(H,22,25)(H,23,24). The summed E-state index contributed by atoms with van der Waals surface area (Å²) in [4.78, 5) is 24.6. The molecule has 0 radical (unpaired) electrons. The predicted molar refractivity (Wildman–Crippen MR) is 98.4 cm³/mol. The van der Waals surface area contributed by atoms with Crippen molar-refractivity contribution in [2.24, 2.45) is 23.2 Å². The van der Waals surface area contributed by atoms with Gasteiger partial charge in [0.25, 0.3) is 0 Å². The minimum absolute atomic E-state index is 0.0560. The highest BCUT2D eigenvalue weighted by molar-refractivity contribution is 5.98. The van der Waals surface area contributed by atoms with E-state index in [1.165, 1.54) is 31.4 Å². The van der Waals surface area contributed by atoms with Crippen LogP contribution in [0.3, 0.4) is 0 Å². The fourth-order valence-corrected chi connectivity index (χ4v) is 5.74. The van der Waals surface area contributed by atoms with Gasteiger partial charge in [0.05, 0.1) is 23.3 Å². The van der Waals surface area contributed by atoms with Gasteiger partial charge in [-0.05, 0) is 80.9 Å². The summed E-state index contributed by atoms with van der Waals surface area (Å²) in [5.74, 6) is 1.67. The first kappa shape index (κ1) is 17.4. The summed E-state index contributed by atoms with van der Waals surface area (Å²) in [6, 6.07) is 4.69. The summed E-state index contributed by atoms with van der Waals surface area (Å²) >= 11 is 0.